The molecule has 2 heterocycles. The van der Waals surface area contributed by atoms with Crippen LogP contribution in [0.4, 0.5) is 0 Å². The molecule has 0 spiro atoms. The van der Waals surface area contributed by atoms with Gasteiger partial charge in [-0.3, -0.25) is 9.67 Å². The van der Waals surface area contributed by atoms with Crippen LogP contribution in [0.2, 0.25) is 5.02 Å². The number of likely N-dealkylation sites (N-methyl/N-ethyl adjacent to an activating group) is 1. The molecule has 0 aliphatic carbocycles. The number of pyridine rings is 1. The Kier molecular flexibility index (Phi) is 5.15. The summed E-state index contributed by atoms with van der Waals surface area (Å²) in [4.78, 5) is 4.04. The zero-order chi connectivity index (χ0) is 14.5. The molecule has 1 atom stereocenters. The maximum Gasteiger partial charge on any atom is 0.0637 e. The highest BCUT2D eigenvalue weighted by molar-refractivity contribution is 6.31. The summed E-state index contributed by atoms with van der Waals surface area (Å²) >= 11 is 6.25. The van der Waals surface area contributed by atoms with Gasteiger partial charge in [0.2, 0.25) is 0 Å². The third-order valence-electron chi connectivity index (χ3n) is 3.52. The fourth-order valence-electron chi connectivity index (χ4n) is 2.37. The molecule has 0 bridgehead atoms. The first kappa shape index (κ1) is 15.0. The van der Waals surface area contributed by atoms with Crippen LogP contribution in [0.15, 0.2) is 24.5 Å². The van der Waals surface area contributed by atoms with Crippen molar-refractivity contribution in [2.24, 2.45) is 0 Å². The number of aryl methyl sites for hydroxylation is 2. The molecule has 2 rings (SSSR count). The molecule has 20 heavy (non-hydrogen) atoms. The highest BCUT2D eigenvalue weighted by Crippen LogP contribution is 2.25. The van der Waals surface area contributed by atoms with Crippen molar-refractivity contribution in [1.82, 2.24) is 20.1 Å². The van der Waals surface area contributed by atoms with E-state index in [4.69, 9.17) is 11.6 Å². The number of hydrogen-bond donors (Lipinski definition) is 1. The average molecular weight is 293 g/mol. The first-order valence-corrected chi connectivity index (χ1v) is 7.39. The highest BCUT2D eigenvalue weighted by Gasteiger charge is 2.16. The van der Waals surface area contributed by atoms with Crippen molar-refractivity contribution in [3.05, 3.63) is 46.5 Å². The van der Waals surface area contributed by atoms with E-state index in [0.717, 1.165) is 30.6 Å². The Hall–Kier alpha value is -1.39. The van der Waals surface area contributed by atoms with Crippen molar-refractivity contribution in [2.75, 3.05) is 7.05 Å². The molecule has 0 aliphatic rings. The maximum absolute atomic E-state index is 6.25. The lowest BCUT2D eigenvalue weighted by Gasteiger charge is -2.18. The van der Waals surface area contributed by atoms with Gasteiger partial charge in [-0.1, -0.05) is 18.5 Å². The first-order chi connectivity index (χ1) is 9.69. The molecule has 4 nitrogen and oxygen atoms in total. The summed E-state index contributed by atoms with van der Waals surface area (Å²) in [5, 5.41) is 8.63. The minimum absolute atomic E-state index is 0.164. The number of aromatic nitrogens is 3. The lowest BCUT2D eigenvalue weighted by Crippen LogP contribution is -2.21. The Bertz CT molecular complexity index is 565. The third-order valence-corrected chi connectivity index (χ3v) is 3.83. The molecule has 0 aromatic carbocycles. The van der Waals surface area contributed by atoms with Gasteiger partial charge < -0.3 is 5.32 Å². The number of nitrogens with zero attached hydrogens (tertiary/aromatic N) is 3. The molecule has 0 radical (unpaired) electrons. The number of halogens is 1. The topological polar surface area (TPSA) is 42.7 Å². The quantitative estimate of drug-likeness (QED) is 0.890. The van der Waals surface area contributed by atoms with Gasteiger partial charge in [0, 0.05) is 37.1 Å². The van der Waals surface area contributed by atoms with Crippen LogP contribution >= 0.6 is 11.6 Å². The first-order valence-electron chi connectivity index (χ1n) is 7.01. The summed E-state index contributed by atoms with van der Waals surface area (Å²) in [6.07, 6.45) is 5.29. The van der Waals surface area contributed by atoms with E-state index in [-0.39, 0.29) is 6.04 Å². The summed E-state index contributed by atoms with van der Waals surface area (Å²) in [6, 6.07) is 4.32. The summed E-state index contributed by atoms with van der Waals surface area (Å²) in [5.41, 5.74) is 3.44. The van der Waals surface area contributed by atoms with Crippen molar-refractivity contribution in [1.29, 1.82) is 0 Å². The van der Waals surface area contributed by atoms with Gasteiger partial charge in [-0.15, -0.1) is 0 Å². The summed E-state index contributed by atoms with van der Waals surface area (Å²) in [5.74, 6) is 0. The predicted molar refractivity (Wildman–Crippen MR) is 82.0 cm³/mol. The molecule has 0 saturated carbocycles. The fraction of sp³-hybridized carbons (Fsp3) is 0.467. The molecule has 1 unspecified atom stereocenters. The third kappa shape index (κ3) is 3.19. The highest BCUT2D eigenvalue weighted by atomic mass is 35.5. The van der Waals surface area contributed by atoms with Crippen LogP contribution in [0, 0.1) is 0 Å². The van der Waals surface area contributed by atoms with Crippen molar-refractivity contribution in [2.45, 2.75) is 39.3 Å². The predicted octanol–water partition coefficient (Wildman–Crippen LogP) is 3.02. The molecular formula is C15H21ClN4. The Morgan fingerprint density at radius 3 is 2.80 bits per heavy atom. The largest absolute Gasteiger partial charge is 0.313 e. The minimum Gasteiger partial charge on any atom is -0.313 e. The molecule has 5 heteroatoms. The van der Waals surface area contributed by atoms with E-state index in [1.165, 1.54) is 5.69 Å². The van der Waals surface area contributed by atoms with Crippen molar-refractivity contribution in [3.8, 4) is 0 Å². The fourth-order valence-corrected chi connectivity index (χ4v) is 2.62. The molecule has 108 valence electrons. The smallest absolute Gasteiger partial charge is 0.0637 e. The van der Waals surface area contributed by atoms with Gasteiger partial charge in [0.1, 0.15) is 0 Å². The van der Waals surface area contributed by atoms with E-state index in [2.05, 4.69) is 40.0 Å². The second-order valence-electron chi connectivity index (χ2n) is 4.74. The van der Waals surface area contributed by atoms with Gasteiger partial charge in [-0.25, -0.2) is 0 Å². The number of rotatable bonds is 6. The van der Waals surface area contributed by atoms with Gasteiger partial charge in [-0.05, 0) is 38.1 Å². The van der Waals surface area contributed by atoms with Gasteiger partial charge in [-0.2, -0.15) is 5.10 Å². The van der Waals surface area contributed by atoms with Crippen molar-refractivity contribution >= 4 is 11.6 Å². The molecular weight excluding hydrogens is 272 g/mol. The van der Waals surface area contributed by atoms with Crippen LogP contribution < -0.4 is 5.32 Å². The van der Waals surface area contributed by atoms with Crippen LogP contribution in [-0.2, 0) is 19.4 Å². The molecule has 0 fully saturated rings. The van der Waals surface area contributed by atoms with Crippen molar-refractivity contribution in [3.63, 3.8) is 0 Å². The van der Waals surface area contributed by atoms with Gasteiger partial charge in [0.05, 0.1) is 10.7 Å². The minimum atomic E-state index is 0.164. The molecule has 1 N–H and O–H groups in total. The van der Waals surface area contributed by atoms with Crippen LogP contribution in [0.5, 0.6) is 0 Å². The van der Waals surface area contributed by atoms with Crippen molar-refractivity contribution < 1.29 is 0 Å². The zero-order valence-electron chi connectivity index (χ0n) is 12.2. The summed E-state index contributed by atoms with van der Waals surface area (Å²) in [7, 11) is 1.95. The Morgan fingerprint density at radius 2 is 2.20 bits per heavy atom. The Morgan fingerprint density at radius 1 is 1.40 bits per heavy atom. The Labute approximate surface area is 125 Å². The normalized spacial score (nSPS) is 12.6. The summed E-state index contributed by atoms with van der Waals surface area (Å²) < 4.78 is 2.07. The van der Waals surface area contributed by atoms with Gasteiger partial charge in [0.25, 0.3) is 0 Å². The maximum atomic E-state index is 6.25. The molecule has 0 aliphatic heterocycles. The number of hydrogen-bond acceptors (Lipinski definition) is 3. The van der Waals surface area contributed by atoms with E-state index in [9.17, 15) is 0 Å². The van der Waals surface area contributed by atoms with E-state index in [0.29, 0.717) is 5.02 Å². The average Bonchev–Trinajstić information content (AvgIpc) is 2.88. The molecule has 0 saturated heterocycles. The van der Waals surface area contributed by atoms with Crippen LogP contribution in [0.1, 0.15) is 36.8 Å². The van der Waals surface area contributed by atoms with Crippen LogP contribution in [0.3, 0.4) is 0 Å². The van der Waals surface area contributed by atoms with Crippen LogP contribution in [-0.4, -0.2) is 21.8 Å². The second-order valence-corrected chi connectivity index (χ2v) is 5.15. The number of nitrogens with one attached hydrogen (secondary N) is 1. The lowest BCUT2D eigenvalue weighted by molar-refractivity contribution is 0.540. The van der Waals surface area contributed by atoms with E-state index >= 15 is 0 Å². The van der Waals surface area contributed by atoms with Gasteiger partial charge >= 0.3 is 0 Å². The SMILES string of the molecule is CCc1cc(CC(NC)c2ccncc2Cl)n(CC)n1. The molecule has 2 aromatic heterocycles. The van der Waals surface area contributed by atoms with E-state index < -0.39 is 0 Å². The Balaban J connectivity index is 2.26. The standard InChI is InChI=1S/C15H21ClN4/c1-4-11-8-12(20(5-2)19-11)9-15(17-3)13-6-7-18-10-14(13)16/h6-8,10,15,17H,4-5,9H2,1-3H3. The van der Waals surface area contributed by atoms with E-state index in [1.54, 1.807) is 12.4 Å². The lowest BCUT2D eigenvalue weighted by atomic mass is 10.0. The second kappa shape index (κ2) is 6.86. The monoisotopic (exact) mass is 292 g/mol. The van der Waals surface area contributed by atoms with E-state index in [1.807, 2.05) is 13.1 Å². The van der Waals surface area contributed by atoms with Gasteiger partial charge in [0.15, 0.2) is 0 Å². The van der Waals surface area contributed by atoms with Crippen LogP contribution in [0.25, 0.3) is 0 Å². The summed E-state index contributed by atoms with van der Waals surface area (Å²) in [6.45, 7) is 5.13. The zero-order valence-corrected chi connectivity index (χ0v) is 13.0. The molecule has 2 aromatic rings. The molecule has 0 amide bonds.